The highest BCUT2D eigenvalue weighted by atomic mass is 16.5. The maximum absolute atomic E-state index is 12.1. The zero-order valence-electron chi connectivity index (χ0n) is 17.7. The minimum absolute atomic E-state index is 0.00934. The summed E-state index contributed by atoms with van der Waals surface area (Å²) in [4.78, 5) is 24.1. The van der Waals surface area contributed by atoms with Crippen molar-refractivity contribution in [2.24, 2.45) is 0 Å². The molecule has 0 heterocycles. The third-order valence-electron chi connectivity index (χ3n) is 5.43. The van der Waals surface area contributed by atoms with Crippen LogP contribution in [-0.2, 0) is 0 Å². The van der Waals surface area contributed by atoms with Gasteiger partial charge in [0.1, 0.15) is 11.5 Å². The molecule has 28 heavy (non-hydrogen) atoms. The summed E-state index contributed by atoms with van der Waals surface area (Å²) in [6.45, 7) is 7.42. The van der Waals surface area contributed by atoms with Gasteiger partial charge in [-0.15, -0.1) is 0 Å². The van der Waals surface area contributed by atoms with Gasteiger partial charge in [0.2, 0.25) is 0 Å². The topological polar surface area (TPSA) is 52.6 Å². The van der Waals surface area contributed by atoms with E-state index in [-0.39, 0.29) is 23.4 Å². The molecule has 2 rings (SSSR count). The molecule has 4 nitrogen and oxygen atoms in total. The molecule has 0 aliphatic carbocycles. The summed E-state index contributed by atoms with van der Waals surface area (Å²) in [5, 5.41) is 0. The summed E-state index contributed by atoms with van der Waals surface area (Å²) in [7, 11) is 3.16. The first-order chi connectivity index (χ1) is 13.4. The quantitative estimate of drug-likeness (QED) is 0.515. The number of ketones is 2. The summed E-state index contributed by atoms with van der Waals surface area (Å²) in [5.41, 5.74) is 3.43. The summed E-state index contributed by atoms with van der Waals surface area (Å²) < 4.78 is 10.7. The molecule has 0 spiro atoms. The van der Waals surface area contributed by atoms with Gasteiger partial charge in [0.05, 0.1) is 25.3 Å². The van der Waals surface area contributed by atoms with Crippen LogP contribution in [0.3, 0.4) is 0 Å². The largest absolute Gasteiger partial charge is 0.496 e. The van der Waals surface area contributed by atoms with Gasteiger partial charge in [-0.3, -0.25) is 9.59 Å². The Balaban J connectivity index is 2.52. The monoisotopic (exact) mass is 382 g/mol. The predicted octanol–water partition coefficient (Wildman–Crippen LogP) is 5.80. The zero-order chi connectivity index (χ0) is 20.8. The lowest BCUT2D eigenvalue weighted by molar-refractivity contribution is 0.100. The van der Waals surface area contributed by atoms with Crippen molar-refractivity contribution in [2.75, 3.05) is 14.2 Å². The second-order valence-electron chi connectivity index (χ2n) is 7.06. The number of benzene rings is 2. The molecule has 0 radical (unpaired) electrons. The Morgan fingerprint density at radius 3 is 1.36 bits per heavy atom. The van der Waals surface area contributed by atoms with Gasteiger partial charge in [0.25, 0.3) is 0 Å². The van der Waals surface area contributed by atoms with Gasteiger partial charge in [0.15, 0.2) is 11.6 Å². The van der Waals surface area contributed by atoms with Gasteiger partial charge in [0, 0.05) is 0 Å². The lowest BCUT2D eigenvalue weighted by Gasteiger charge is -2.27. The molecule has 4 heteroatoms. The third kappa shape index (κ3) is 4.44. The summed E-state index contributed by atoms with van der Waals surface area (Å²) in [6.07, 6.45) is 1.84. The van der Waals surface area contributed by atoms with Gasteiger partial charge in [-0.2, -0.15) is 0 Å². The van der Waals surface area contributed by atoms with Crippen LogP contribution >= 0.6 is 0 Å². The summed E-state index contributed by atoms with van der Waals surface area (Å²) in [5.74, 6) is 1.63. The molecule has 0 bridgehead atoms. The van der Waals surface area contributed by atoms with E-state index in [1.54, 1.807) is 28.1 Å². The van der Waals surface area contributed by atoms with Gasteiger partial charge < -0.3 is 9.47 Å². The fourth-order valence-corrected chi connectivity index (χ4v) is 3.97. The number of rotatable bonds is 9. The maximum atomic E-state index is 12.1. The molecular weight excluding hydrogens is 352 g/mol. The first kappa shape index (κ1) is 21.7. The van der Waals surface area contributed by atoms with Crippen LogP contribution in [-0.4, -0.2) is 25.8 Å². The highest BCUT2D eigenvalue weighted by Gasteiger charge is 2.25. The van der Waals surface area contributed by atoms with E-state index in [0.717, 1.165) is 24.0 Å². The molecular formula is C24H30O4. The number of hydrogen-bond acceptors (Lipinski definition) is 4. The number of Topliss-reactive ketones (excluding diaryl/α,β-unsaturated/α-hetero) is 2. The van der Waals surface area contributed by atoms with Crippen molar-refractivity contribution in [3.05, 3.63) is 58.7 Å². The van der Waals surface area contributed by atoms with Crippen molar-refractivity contribution >= 4 is 11.6 Å². The molecule has 0 saturated heterocycles. The molecule has 0 aromatic heterocycles. The van der Waals surface area contributed by atoms with Crippen LogP contribution in [0.2, 0.25) is 0 Å². The molecule has 150 valence electrons. The summed E-state index contributed by atoms with van der Waals surface area (Å²) in [6, 6.07) is 11.7. The van der Waals surface area contributed by atoms with Crippen molar-refractivity contribution in [3.63, 3.8) is 0 Å². The van der Waals surface area contributed by atoms with E-state index in [0.29, 0.717) is 22.6 Å². The first-order valence-corrected chi connectivity index (χ1v) is 9.75. The molecule has 0 aliphatic heterocycles. The number of hydrogen-bond donors (Lipinski definition) is 0. The van der Waals surface area contributed by atoms with E-state index in [1.807, 2.05) is 36.4 Å². The van der Waals surface area contributed by atoms with Crippen LogP contribution in [0.1, 0.15) is 84.2 Å². The Hall–Kier alpha value is -2.62. The fraction of sp³-hybridized carbons (Fsp3) is 0.417. The van der Waals surface area contributed by atoms with Gasteiger partial charge in [-0.25, -0.2) is 0 Å². The molecule has 0 fully saturated rings. The lowest BCUT2D eigenvalue weighted by Crippen LogP contribution is -2.12. The van der Waals surface area contributed by atoms with E-state index in [2.05, 4.69) is 13.8 Å². The number of carbonyl (C=O) groups is 2. The van der Waals surface area contributed by atoms with E-state index in [1.165, 1.54) is 0 Å². The van der Waals surface area contributed by atoms with Gasteiger partial charge in [-0.05, 0) is 73.9 Å². The maximum Gasteiger partial charge on any atom is 0.163 e. The van der Waals surface area contributed by atoms with Crippen LogP contribution < -0.4 is 9.47 Å². The van der Waals surface area contributed by atoms with Crippen LogP contribution in [0.4, 0.5) is 0 Å². The standard InChI is InChI=1S/C24H30O4/c1-7-19(17-9-11-23(27-5)21(13-17)15(3)25)20(8-2)18-10-12-24(28-6)22(14-18)16(4)26/h9-14,19-20H,7-8H2,1-6H3. The Kier molecular flexibility index (Phi) is 7.38. The average molecular weight is 383 g/mol. The predicted molar refractivity (Wildman–Crippen MR) is 112 cm³/mol. The molecule has 0 saturated carbocycles. The Labute approximate surface area is 167 Å². The number of carbonyl (C=O) groups excluding carboxylic acids is 2. The second-order valence-corrected chi connectivity index (χ2v) is 7.06. The van der Waals surface area contributed by atoms with Crippen LogP contribution in [0.15, 0.2) is 36.4 Å². The van der Waals surface area contributed by atoms with Crippen molar-refractivity contribution in [2.45, 2.75) is 52.4 Å². The van der Waals surface area contributed by atoms with Gasteiger partial charge >= 0.3 is 0 Å². The normalized spacial score (nSPS) is 12.9. The van der Waals surface area contributed by atoms with E-state index in [4.69, 9.17) is 9.47 Å². The smallest absolute Gasteiger partial charge is 0.163 e. The average Bonchev–Trinajstić information content (AvgIpc) is 2.70. The SMILES string of the molecule is CCC(c1ccc(OC)c(C(C)=O)c1)C(CC)c1ccc(OC)c(C(C)=O)c1. The highest BCUT2D eigenvalue weighted by molar-refractivity contribution is 5.97. The van der Waals surface area contributed by atoms with Gasteiger partial charge in [-0.1, -0.05) is 26.0 Å². The van der Waals surface area contributed by atoms with E-state index >= 15 is 0 Å². The highest BCUT2D eigenvalue weighted by Crippen LogP contribution is 2.40. The molecule has 2 unspecified atom stereocenters. The third-order valence-corrected chi connectivity index (χ3v) is 5.43. The lowest BCUT2D eigenvalue weighted by atomic mass is 9.77. The molecule has 0 aliphatic rings. The van der Waals surface area contributed by atoms with Crippen LogP contribution in [0.25, 0.3) is 0 Å². The van der Waals surface area contributed by atoms with Crippen LogP contribution in [0.5, 0.6) is 11.5 Å². The van der Waals surface area contributed by atoms with E-state index in [9.17, 15) is 9.59 Å². The molecule has 2 atom stereocenters. The molecule has 0 N–H and O–H groups in total. The molecule has 2 aromatic rings. The number of methoxy groups -OCH3 is 2. The summed E-state index contributed by atoms with van der Waals surface area (Å²) >= 11 is 0. The van der Waals surface area contributed by atoms with Crippen molar-refractivity contribution in [3.8, 4) is 11.5 Å². The first-order valence-electron chi connectivity index (χ1n) is 9.75. The Bertz CT molecular complexity index is 782. The van der Waals surface area contributed by atoms with Crippen molar-refractivity contribution < 1.29 is 19.1 Å². The minimum Gasteiger partial charge on any atom is -0.496 e. The fourth-order valence-electron chi connectivity index (χ4n) is 3.97. The van der Waals surface area contributed by atoms with Crippen molar-refractivity contribution in [1.29, 1.82) is 0 Å². The Morgan fingerprint density at radius 2 is 1.11 bits per heavy atom. The minimum atomic E-state index is -0.00934. The van der Waals surface area contributed by atoms with Crippen LogP contribution in [0, 0.1) is 0 Å². The molecule has 0 amide bonds. The van der Waals surface area contributed by atoms with Crippen molar-refractivity contribution in [1.82, 2.24) is 0 Å². The second kappa shape index (κ2) is 9.54. The van der Waals surface area contributed by atoms with E-state index < -0.39 is 0 Å². The zero-order valence-corrected chi connectivity index (χ0v) is 17.7. The Morgan fingerprint density at radius 1 is 0.750 bits per heavy atom. The molecule has 2 aromatic carbocycles. The number of ether oxygens (including phenoxy) is 2.